The van der Waals surface area contributed by atoms with Crippen molar-refractivity contribution in [2.45, 2.75) is 44.7 Å². The van der Waals surface area contributed by atoms with Gasteiger partial charge in [-0.1, -0.05) is 31.4 Å². The third kappa shape index (κ3) is 4.06. The largest absolute Gasteiger partial charge is 0.493 e. The van der Waals surface area contributed by atoms with Crippen LogP contribution < -0.4 is 14.8 Å². The van der Waals surface area contributed by atoms with E-state index in [2.05, 4.69) is 5.32 Å². The number of para-hydroxylation sites is 2. The molecule has 4 rings (SSSR count). The molecule has 1 N–H and O–H groups in total. The molecule has 6 heteroatoms. The summed E-state index contributed by atoms with van der Waals surface area (Å²) in [6.45, 7) is 0.237. The van der Waals surface area contributed by atoms with Crippen LogP contribution in [0.3, 0.4) is 0 Å². The average molecular weight is 393 g/mol. The number of nitrogens with zero attached hydrogens (tertiary/aromatic N) is 2. The first-order chi connectivity index (χ1) is 14.2. The predicted molar refractivity (Wildman–Crippen MR) is 113 cm³/mol. The van der Waals surface area contributed by atoms with Gasteiger partial charge in [-0.3, -0.25) is 4.79 Å². The van der Waals surface area contributed by atoms with E-state index in [1.165, 1.54) is 19.3 Å². The highest BCUT2D eigenvalue weighted by molar-refractivity contribution is 5.85. The molecule has 0 radical (unpaired) electrons. The summed E-state index contributed by atoms with van der Waals surface area (Å²) < 4.78 is 12.8. The molecule has 1 fully saturated rings. The van der Waals surface area contributed by atoms with E-state index in [1.807, 2.05) is 47.0 Å². The summed E-state index contributed by atoms with van der Waals surface area (Å²) in [4.78, 5) is 17.6. The Kier molecular flexibility index (Phi) is 5.69. The maximum Gasteiger partial charge on any atom is 0.240 e. The average Bonchev–Trinajstić information content (AvgIpc) is 3.12. The lowest BCUT2D eigenvalue weighted by atomic mass is 9.95. The summed E-state index contributed by atoms with van der Waals surface area (Å²) in [6, 6.07) is 13.9. The Morgan fingerprint density at radius 3 is 2.59 bits per heavy atom. The highest BCUT2D eigenvalue weighted by Gasteiger charge is 2.19. The SMILES string of the molecule is COc1ccc(-c2nc3ccccc3n2CC(=O)NC2CCCCC2)cc1OC. The number of hydrogen-bond acceptors (Lipinski definition) is 4. The van der Waals surface area contributed by atoms with Crippen LogP contribution in [0.5, 0.6) is 11.5 Å². The van der Waals surface area contributed by atoms with Crippen LogP contribution in [0.25, 0.3) is 22.4 Å². The van der Waals surface area contributed by atoms with Gasteiger partial charge >= 0.3 is 0 Å². The molecule has 1 heterocycles. The van der Waals surface area contributed by atoms with Crippen molar-refractivity contribution in [2.75, 3.05) is 14.2 Å². The lowest BCUT2D eigenvalue weighted by Gasteiger charge is -2.23. The number of ether oxygens (including phenoxy) is 2. The number of fused-ring (bicyclic) bond motifs is 1. The molecule has 1 aromatic heterocycles. The highest BCUT2D eigenvalue weighted by Crippen LogP contribution is 2.33. The summed E-state index contributed by atoms with van der Waals surface area (Å²) in [6.07, 6.45) is 5.78. The first kappa shape index (κ1) is 19.3. The summed E-state index contributed by atoms with van der Waals surface area (Å²) in [7, 11) is 3.23. The minimum absolute atomic E-state index is 0.0294. The van der Waals surface area contributed by atoms with E-state index in [0.717, 1.165) is 35.3 Å². The molecular formula is C23H27N3O3. The molecule has 152 valence electrons. The maximum absolute atomic E-state index is 12.8. The number of amides is 1. The molecule has 2 aromatic carbocycles. The standard InChI is InChI=1S/C23H27N3O3/c1-28-20-13-12-16(14-21(20)29-2)23-25-18-10-6-7-11-19(18)26(23)15-22(27)24-17-8-4-3-5-9-17/h6-7,10-14,17H,3-5,8-9,15H2,1-2H3,(H,24,27). The number of imidazole rings is 1. The van der Waals surface area contributed by atoms with Crippen molar-refractivity contribution in [2.24, 2.45) is 0 Å². The number of rotatable bonds is 6. The number of hydrogen-bond donors (Lipinski definition) is 1. The Balaban J connectivity index is 1.68. The molecule has 3 aromatic rings. The van der Waals surface area contributed by atoms with Gasteiger partial charge in [0.05, 0.1) is 25.3 Å². The molecule has 1 aliphatic rings. The van der Waals surface area contributed by atoms with Crippen molar-refractivity contribution in [1.29, 1.82) is 0 Å². The van der Waals surface area contributed by atoms with Crippen LogP contribution in [0.1, 0.15) is 32.1 Å². The van der Waals surface area contributed by atoms with Gasteiger partial charge in [-0.05, 0) is 43.2 Å². The number of carbonyl (C=O) groups excluding carboxylic acids is 1. The topological polar surface area (TPSA) is 65.4 Å². The molecule has 1 saturated carbocycles. The van der Waals surface area contributed by atoms with Crippen molar-refractivity contribution in [1.82, 2.24) is 14.9 Å². The van der Waals surface area contributed by atoms with E-state index < -0.39 is 0 Å². The Morgan fingerprint density at radius 2 is 1.83 bits per heavy atom. The van der Waals surface area contributed by atoms with Gasteiger partial charge in [-0.15, -0.1) is 0 Å². The van der Waals surface area contributed by atoms with E-state index in [-0.39, 0.29) is 18.5 Å². The number of nitrogens with one attached hydrogen (secondary N) is 1. The molecule has 29 heavy (non-hydrogen) atoms. The van der Waals surface area contributed by atoms with Gasteiger partial charge < -0.3 is 19.4 Å². The Hall–Kier alpha value is -3.02. The van der Waals surface area contributed by atoms with Crippen LogP contribution in [-0.4, -0.2) is 35.7 Å². The van der Waals surface area contributed by atoms with Gasteiger partial charge in [-0.25, -0.2) is 4.98 Å². The zero-order chi connectivity index (χ0) is 20.2. The molecule has 0 bridgehead atoms. The highest BCUT2D eigenvalue weighted by atomic mass is 16.5. The second kappa shape index (κ2) is 8.55. The van der Waals surface area contributed by atoms with E-state index in [9.17, 15) is 4.79 Å². The van der Waals surface area contributed by atoms with Crippen LogP contribution in [0.4, 0.5) is 0 Å². The third-order valence-corrected chi connectivity index (χ3v) is 5.57. The Morgan fingerprint density at radius 1 is 1.07 bits per heavy atom. The van der Waals surface area contributed by atoms with E-state index in [0.29, 0.717) is 11.5 Å². The normalized spacial score (nSPS) is 14.7. The number of benzene rings is 2. The molecule has 0 aliphatic heterocycles. The first-order valence-electron chi connectivity index (χ1n) is 10.2. The van der Waals surface area contributed by atoms with Crippen molar-refractivity contribution in [3.63, 3.8) is 0 Å². The first-order valence-corrected chi connectivity index (χ1v) is 10.2. The Bertz CT molecular complexity index is 1010. The maximum atomic E-state index is 12.8. The molecular weight excluding hydrogens is 366 g/mol. The summed E-state index contributed by atoms with van der Waals surface area (Å²) >= 11 is 0. The van der Waals surface area contributed by atoms with Gasteiger partial charge in [0.25, 0.3) is 0 Å². The van der Waals surface area contributed by atoms with Crippen molar-refractivity contribution in [3.05, 3.63) is 42.5 Å². The fourth-order valence-corrected chi connectivity index (χ4v) is 4.10. The van der Waals surface area contributed by atoms with Gasteiger partial charge in [-0.2, -0.15) is 0 Å². The zero-order valence-electron chi connectivity index (χ0n) is 17.0. The van der Waals surface area contributed by atoms with Crippen molar-refractivity contribution in [3.8, 4) is 22.9 Å². The molecule has 0 saturated heterocycles. The van der Waals surface area contributed by atoms with Crippen LogP contribution in [0, 0.1) is 0 Å². The van der Waals surface area contributed by atoms with Gasteiger partial charge in [0.2, 0.25) is 5.91 Å². The summed E-state index contributed by atoms with van der Waals surface area (Å²) in [5.74, 6) is 2.07. The Labute approximate surface area is 170 Å². The zero-order valence-corrected chi connectivity index (χ0v) is 17.0. The second-order valence-corrected chi connectivity index (χ2v) is 7.48. The molecule has 0 spiro atoms. The predicted octanol–water partition coefficient (Wildman–Crippen LogP) is 4.17. The van der Waals surface area contributed by atoms with Crippen molar-refractivity contribution < 1.29 is 14.3 Å². The minimum atomic E-state index is 0.0294. The van der Waals surface area contributed by atoms with Gasteiger partial charge in [0.15, 0.2) is 11.5 Å². The van der Waals surface area contributed by atoms with Crippen molar-refractivity contribution >= 4 is 16.9 Å². The van der Waals surface area contributed by atoms with E-state index >= 15 is 0 Å². The third-order valence-electron chi connectivity index (χ3n) is 5.57. The lowest BCUT2D eigenvalue weighted by molar-refractivity contribution is -0.122. The summed E-state index contributed by atoms with van der Waals surface area (Å²) in [5.41, 5.74) is 2.68. The van der Waals surface area contributed by atoms with Gasteiger partial charge in [0, 0.05) is 11.6 Å². The monoisotopic (exact) mass is 393 g/mol. The van der Waals surface area contributed by atoms with Crippen LogP contribution in [0.15, 0.2) is 42.5 Å². The van der Waals surface area contributed by atoms with Crippen LogP contribution >= 0.6 is 0 Å². The van der Waals surface area contributed by atoms with Gasteiger partial charge in [0.1, 0.15) is 12.4 Å². The minimum Gasteiger partial charge on any atom is -0.493 e. The fourth-order valence-electron chi connectivity index (χ4n) is 4.10. The number of aromatic nitrogens is 2. The summed E-state index contributed by atoms with van der Waals surface area (Å²) in [5, 5.41) is 3.21. The number of methoxy groups -OCH3 is 2. The fraction of sp³-hybridized carbons (Fsp3) is 0.391. The second-order valence-electron chi connectivity index (χ2n) is 7.48. The smallest absolute Gasteiger partial charge is 0.240 e. The molecule has 0 unspecified atom stereocenters. The molecule has 6 nitrogen and oxygen atoms in total. The number of carbonyl (C=O) groups is 1. The van der Waals surface area contributed by atoms with Crippen LogP contribution in [0.2, 0.25) is 0 Å². The quantitative estimate of drug-likeness (QED) is 0.683. The van der Waals surface area contributed by atoms with E-state index in [1.54, 1.807) is 14.2 Å². The molecule has 0 atom stereocenters. The lowest BCUT2D eigenvalue weighted by Crippen LogP contribution is -2.38. The molecule has 1 amide bonds. The van der Waals surface area contributed by atoms with Crippen LogP contribution in [-0.2, 0) is 11.3 Å². The van der Waals surface area contributed by atoms with E-state index in [4.69, 9.17) is 14.5 Å². The molecule has 1 aliphatic carbocycles.